The number of rotatable bonds is 1. The van der Waals surface area contributed by atoms with Gasteiger partial charge in [0.15, 0.2) is 11.5 Å². The van der Waals surface area contributed by atoms with Crippen LogP contribution in [0.4, 0.5) is 4.79 Å². The highest BCUT2D eigenvalue weighted by atomic mass is 16.7. The lowest BCUT2D eigenvalue weighted by Crippen LogP contribution is -2.49. The summed E-state index contributed by atoms with van der Waals surface area (Å²) in [7, 11) is 0. The predicted octanol–water partition coefficient (Wildman–Crippen LogP) is 2.98. The third-order valence-corrected chi connectivity index (χ3v) is 5.36. The normalized spacial score (nSPS) is 29.6. The van der Waals surface area contributed by atoms with E-state index in [0.29, 0.717) is 13.0 Å². The lowest BCUT2D eigenvalue weighted by atomic mass is 9.69. The minimum atomic E-state index is -0.565. The molecule has 1 N–H and O–H groups in total. The number of likely N-dealkylation sites (tertiary alicyclic amines) is 1. The summed E-state index contributed by atoms with van der Waals surface area (Å²) in [5, 5.41) is 10.2. The third-order valence-electron chi connectivity index (χ3n) is 5.36. The van der Waals surface area contributed by atoms with Gasteiger partial charge in [-0.2, -0.15) is 0 Å². The number of carbonyl (C=O) groups excluding carboxylic acids is 1. The van der Waals surface area contributed by atoms with E-state index in [1.165, 1.54) is 0 Å². The molecular formula is C20H25NO5. The Morgan fingerprint density at radius 3 is 2.85 bits per heavy atom. The van der Waals surface area contributed by atoms with Crippen LogP contribution < -0.4 is 9.47 Å². The van der Waals surface area contributed by atoms with Crippen LogP contribution in [-0.4, -0.2) is 47.2 Å². The van der Waals surface area contributed by atoms with Gasteiger partial charge in [0.05, 0.1) is 12.1 Å². The lowest BCUT2D eigenvalue weighted by Gasteiger charge is -2.40. The zero-order chi connectivity index (χ0) is 18.5. The maximum atomic E-state index is 12.7. The molecule has 26 heavy (non-hydrogen) atoms. The second-order valence-corrected chi connectivity index (χ2v) is 8.21. The van der Waals surface area contributed by atoms with E-state index in [4.69, 9.17) is 14.2 Å². The maximum Gasteiger partial charge on any atom is 0.410 e. The van der Waals surface area contributed by atoms with Crippen molar-refractivity contribution < 1.29 is 24.1 Å². The van der Waals surface area contributed by atoms with Gasteiger partial charge in [0, 0.05) is 12.0 Å². The number of aliphatic hydroxyl groups excluding tert-OH is 1. The summed E-state index contributed by atoms with van der Waals surface area (Å²) < 4.78 is 16.5. The monoisotopic (exact) mass is 359 g/mol. The molecule has 0 unspecified atom stereocenters. The second-order valence-electron chi connectivity index (χ2n) is 8.21. The van der Waals surface area contributed by atoms with Gasteiger partial charge in [-0.3, -0.25) is 0 Å². The van der Waals surface area contributed by atoms with Crippen LogP contribution in [0.25, 0.3) is 0 Å². The Labute approximate surface area is 153 Å². The molecule has 0 spiro atoms. The quantitative estimate of drug-likeness (QED) is 0.781. The minimum absolute atomic E-state index is 0.155. The SMILES string of the molecule is CC(C)(C)OC(=O)N1CC[C@@]2(c3ccc4c(c3)OCO4)C=C[C@H](O)C[C@@H]12. The molecule has 6 nitrogen and oxygen atoms in total. The molecule has 2 aliphatic heterocycles. The molecule has 1 aromatic rings. The van der Waals surface area contributed by atoms with E-state index >= 15 is 0 Å². The van der Waals surface area contributed by atoms with E-state index < -0.39 is 11.7 Å². The first-order valence-electron chi connectivity index (χ1n) is 9.06. The van der Waals surface area contributed by atoms with Crippen molar-refractivity contribution in [2.24, 2.45) is 0 Å². The van der Waals surface area contributed by atoms with Crippen molar-refractivity contribution in [3.8, 4) is 11.5 Å². The van der Waals surface area contributed by atoms with Gasteiger partial charge in [0.1, 0.15) is 5.60 Å². The van der Waals surface area contributed by atoms with Gasteiger partial charge in [-0.15, -0.1) is 0 Å². The molecule has 0 radical (unpaired) electrons. The van der Waals surface area contributed by atoms with Crippen LogP contribution in [0.15, 0.2) is 30.4 Å². The first-order valence-corrected chi connectivity index (χ1v) is 9.06. The Bertz CT molecular complexity index is 753. The molecule has 1 aromatic carbocycles. The van der Waals surface area contributed by atoms with E-state index in [0.717, 1.165) is 23.5 Å². The van der Waals surface area contributed by atoms with Gasteiger partial charge in [0.2, 0.25) is 6.79 Å². The van der Waals surface area contributed by atoms with E-state index in [1.54, 1.807) is 4.90 Å². The van der Waals surface area contributed by atoms with Crippen LogP contribution in [0.2, 0.25) is 0 Å². The average Bonchev–Trinajstić information content (AvgIpc) is 3.17. The molecule has 3 atom stereocenters. The van der Waals surface area contributed by atoms with Crippen LogP contribution in [0.3, 0.4) is 0 Å². The van der Waals surface area contributed by atoms with Gasteiger partial charge in [-0.25, -0.2) is 4.79 Å². The highest BCUT2D eigenvalue weighted by Crippen LogP contribution is 2.48. The molecule has 4 rings (SSSR count). The second kappa shape index (κ2) is 5.91. The van der Waals surface area contributed by atoms with Gasteiger partial charge in [-0.05, 0) is 51.3 Å². The van der Waals surface area contributed by atoms with Crippen molar-refractivity contribution in [2.75, 3.05) is 13.3 Å². The first kappa shape index (κ1) is 17.2. The number of ether oxygens (including phenoxy) is 3. The molecule has 1 saturated heterocycles. The summed E-state index contributed by atoms with van der Waals surface area (Å²) in [6.07, 6.45) is 4.26. The smallest absolute Gasteiger partial charge is 0.410 e. The first-order chi connectivity index (χ1) is 12.3. The summed E-state index contributed by atoms with van der Waals surface area (Å²) in [5.74, 6) is 1.47. The van der Waals surface area contributed by atoms with Gasteiger partial charge in [-0.1, -0.05) is 18.2 Å². The van der Waals surface area contributed by atoms with E-state index in [-0.39, 0.29) is 24.3 Å². The van der Waals surface area contributed by atoms with Crippen molar-refractivity contribution >= 4 is 6.09 Å². The van der Waals surface area contributed by atoms with Crippen LogP contribution >= 0.6 is 0 Å². The van der Waals surface area contributed by atoms with Crippen LogP contribution in [0.1, 0.15) is 39.2 Å². The highest BCUT2D eigenvalue weighted by molar-refractivity contribution is 5.70. The molecule has 0 aromatic heterocycles. The van der Waals surface area contributed by atoms with Crippen molar-refractivity contribution in [2.45, 2.75) is 56.8 Å². The Balaban J connectivity index is 1.69. The molecule has 3 aliphatic rings. The standard InChI is InChI=1S/C20H25NO5/c1-19(2,3)26-18(23)21-9-8-20(7-6-14(22)11-17(20)21)13-4-5-15-16(10-13)25-12-24-15/h4-7,10,14,17,22H,8-9,11-12H2,1-3H3/t14-,17+,20+/m0/s1. The number of carbonyl (C=O) groups is 1. The fourth-order valence-electron chi connectivity index (χ4n) is 4.19. The summed E-state index contributed by atoms with van der Waals surface area (Å²) in [6, 6.07) is 5.79. The zero-order valence-corrected chi connectivity index (χ0v) is 15.4. The number of nitrogens with zero attached hydrogens (tertiary/aromatic N) is 1. The fourth-order valence-corrected chi connectivity index (χ4v) is 4.19. The van der Waals surface area contributed by atoms with Crippen molar-refractivity contribution in [1.82, 2.24) is 4.90 Å². The predicted molar refractivity (Wildman–Crippen MR) is 95.4 cm³/mol. The van der Waals surface area contributed by atoms with Gasteiger partial charge < -0.3 is 24.2 Å². The summed E-state index contributed by atoms with van der Waals surface area (Å²) in [4.78, 5) is 14.5. The van der Waals surface area contributed by atoms with E-state index in [9.17, 15) is 9.90 Å². The van der Waals surface area contributed by atoms with Crippen molar-refractivity contribution in [1.29, 1.82) is 0 Å². The Morgan fingerprint density at radius 2 is 2.08 bits per heavy atom. The molecule has 1 amide bonds. The Hall–Kier alpha value is -2.21. The van der Waals surface area contributed by atoms with Crippen LogP contribution in [0.5, 0.6) is 11.5 Å². The largest absolute Gasteiger partial charge is 0.454 e. The van der Waals surface area contributed by atoms with Crippen molar-refractivity contribution in [3.63, 3.8) is 0 Å². The number of hydrogen-bond donors (Lipinski definition) is 1. The number of amides is 1. The average molecular weight is 359 g/mol. The molecular weight excluding hydrogens is 334 g/mol. The molecule has 6 heteroatoms. The zero-order valence-electron chi connectivity index (χ0n) is 15.4. The summed E-state index contributed by atoms with van der Waals surface area (Å²) >= 11 is 0. The molecule has 1 fully saturated rings. The number of hydrogen-bond acceptors (Lipinski definition) is 5. The fraction of sp³-hybridized carbons (Fsp3) is 0.550. The molecule has 2 heterocycles. The number of aliphatic hydroxyl groups is 1. The lowest BCUT2D eigenvalue weighted by molar-refractivity contribution is 0.0157. The molecule has 140 valence electrons. The summed E-state index contributed by atoms with van der Waals surface area (Å²) in [6.45, 7) is 6.41. The number of fused-ring (bicyclic) bond motifs is 2. The Morgan fingerprint density at radius 1 is 1.31 bits per heavy atom. The third kappa shape index (κ3) is 2.82. The topological polar surface area (TPSA) is 68.2 Å². The van der Waals surface area contributed by atoms with Gasteiger partial charge in [0.25, 0.3) is 0 Å². The molecule has 0 bridgehead atoms. The minimum Gasteiger partial charge on any atom is -0.454 e. The van der Waals surface area contributed by atoms with Crippen LogP contribution in [-0.2, 0) is 10.2 Å². The number of benzene rings is 1. The Kier molecular flexibility index (Phi) is 3.91. The molecule has 1 aliphatic carbocycles. The van der Waals surface area contributed by atoms with Crippen molar-refractivity contribution in [3.05, 3.63) is 35.9 Å². The van der Waals surface area contributed by atoms with E-state index in [1.807, 2.05) is 51.1 Å². The van der Waals surface area contributed by atoms with Gasteiger partial charge >= 0.3 is 6.09 Å². The highest BCUT2D eigenvalue weighted by Gasteiger charge is 2.51. The maximum absolute atomic E-state index is 12.7. The molecule has 0 saturated carbocycles. The van der Waals surface area contributed by atoms with E-state index in [2.05, 4.69) is 0 Å². The van der Waals surface area contributed by atoms with Crippen LogP contribution in [0, 0.1) is 0 Å². The summed E-state index contributed by atoms with van der Waals surface area (Å²) in [5.41, 5.74) is 0.169.